The highest BCUT2D eigenvalue weighted by Gasteiger charge is 2.27. The van der Waals surface area contributed by atoms with Crippen LogP contribution in [0.3, 0.4) is 0 Å². The maximum Gasteiger partial charge on any atom is 0.264 e. The number of carbonyl (C=O) groups is 2. The molecule has 0 fully saturated rings. The summed E-state index contributed by atoms with van der Waals surface area (Å²) in [6, 6.07) is 11.7. The third kappa shape index (κ3) is 3.49. The van der Waals surface area contributed by atoms with Crippen LogP contribution in [0.15, 0.2) is 42.5 Å². The van der Waals surface area contributed by atoms with Gasteiger partial charge in [-0.25, -0.2) is 0 Å². The van der Waals surface area contributed by atoms with E-state index in [0.29, 0.717) is 33.6 Å². The number of hydrogen-bond donors (Lipinski definition) is 0. The quantitative estimate of drug-likeness (QED) is 0.841. The summed E-state index contributed by atoms with van der Waals surface area (Å²) in [5.74, 6) is 0.341. The Morgan fingerprint density at radius 1 is 1.09 bits per heavy atom. The molecule has 1 amide bonds. The summed E-state index contributed by atoms with van der Waals surface area (Å²) in [5, 5.41) is 1.08. The Balaban J connectivity index is 1.74. The molecular weight excluding hydrogens is 337 g/mol. The van der Waals surface area contributed by atoms with E-state index in [9.17, 15) is 9.59 Å². The van der Waals surface area contributed by atoms with E-state index in [0.717, 1.165) is 0 Å². The lowest BCUT2D eigenvalue weighted by Gasteiger charge is -2.28. The lowest BCUT2D eigenvalue weighted by atomic mass is 10.0. The van der Waals surface area contributed by atoms with Gasteiger partial charge in [-0.1, -0.05) is 23.2 Å². The van der Waals surface area contributed by atoms with Crippen LogP contribution in [-0.4, -0.2) is 24.8 Å². The summed E-state index contributed by atoms with van der Waals surface area (Å²) in [7, 11) is 0. The third-order valence-electron chi connectivity index (χ3n) is 3.59. The van der Waals surface area contributed by atoms with Gasteiger partial charge in [0.1, 0.15) is 5.75 Å². The standard InChI is InChI=1S/C17H13Cl2NO3/c18-11-1-4-13(5-2-11)23-10-17(22)20-8-7-16(21)14-9-12(19)3-6-15(14)20/h1-6,9H,7-8,10H2. The van der Waals surface area contributed by atoms with Gasteiger partial charge in [0, 0.05) is 28.6 Å². The minimum atomic E-state index is -0.212. The Bertz CT molecular complexity index is 759. The van der Waals surface area contributed by atoms with E-state index in [4.69, 9.17) is 27.9 Å². The van der Waals surface area contributed by atoms with E-state index in [1.165, 1.54) is 0 Å². The molecule has 2 aromatic rings. The molecular formula is C17H13Cl2NO3. The molecule has 1 heterocycles. The summed E-state index contributed by atoms with van der Waals surface area (Å²) in [6.45, 7) is 0.230. The van der Waals surface area contributed by atoms with Crippen LogP contribution < -0.4 is 9.64 Å². The van der Waals surface area contributed by atoms with E-state index >= 15 is 0 Å². The van der Waals surface area contributed by atoms with Crippen molar-refractivity contribution in [2.45, 2.75) is 6.42 Å². The minimum Gasteiger partial charge on any atom is -0.484 e. The lowest BCUT2D eigenvalue weighted by Crippen LogP contribution is -2.40. The topological polar surface area (TPSA) is 46.6 Å². The second-order valence-corrected chi connectivity index (χ2v) is 6.00. The van der Waals surface area contributed by atoms with E-state index in [1.54, 1.807) is 47.4 Å². The van der Waals surface area contributed by atoms with Crippen molar-refractivity contribution in [2.24, 2.45) is 0 Å². The van der Waals surface area contributed by atoms with Gasteiger partial charge < -0.3 is 9.64 Å². The van der Waals surface area contributed by atoms with Gasteiger partial charge in [-0.2, -0.15) is 0 Å². The molecule has 0 aromatic heterocycles. The lowest BCUT2D eigenvalue weighted by molar-refractivity contribution is -0.120. The van der Waals surface area contributed by atoms with Gasteiger partial charge in [-0.15, -0.1) is 0 Å². The van der Waals surface area contributed by atoms with E-state index in [-0.39, 0.29) is 24.7 Å². The maximum absolute atomic E-state index is 12.4. The number of nitrogens with zero attached hydrogens (tertiary/aromatic N) is 1. The van der Waals surface area contributed by atoms with Crippen LogP contribution in [0.25, 0.3) is 0 Å². The number of rotatable bonds is 3. The van der Waals surface area contributed by atoms with Crippen molar-refractivity contribution < 1.29 is 14.3 Å². The second-order valence-electron chi connectivity index (χ2n) is 5.12. The molecule has 1 aliphatic rings. The molecule has 0 unspecified atom stereocenters. The number of ketones is 1. The van der Waals surface area contributed by atoms with Crippen LogP contribution in [0.5, 0.6) is 5.75 Å². The van der Waals surface area contributed by atoms with Crippen molar-refractivity contribution in [3.8, 4) is 5.75 Å². The van der Waals surface area contributed by atoms with Crippen molar-refractivity contribution in [3.05, 3.63) is 58.1 Å². The first-order valence-corrected chi connectivity index (χ1v) is 7.81. The fourth-order valence-electron chi connectivity index (χ4n) is 2.45. The molecule has 0 radical (unpaired) electrons. The van der Waals surface area contributed by atoms with Gasteiger partial charge in [-0.3, -0.25) is 9.59 Å². The Hall–Kier alpha value is -2.04. The first-order valence-electron chi connectivity index (χ1n) is 7.06. The number of ether oxygens (including phenoxy) is 1. The fraction of sp³-hybridized carbons (Fsp3) is 0.176. The maximum atomic E-state index is 12.4. The van der Waals surface area contributed by atoms with Gasteiger partial charge in [0.2, 0.25) is 0 Å². The number of halogens is 2. The highest BCUT2D eigenvalue weighted by molar-refractivity contribution is 6.31. The molecule has 0 atom stereocenters. The zero-order chi connectivity index (χ0) is 16.4. The minimum absolute atomic E-state index is 0.00910. The predicted molar refractivity (Wildman–Crippen MR) is 89.7 cm³/mol. The van der Waals surface area contributed by atoms with Crippen LogP contribution in [-0.2, 0) is 4.79 Å². The Kier molecular flexibility index (Phi) is 4.55. The molecule has 0 saturated carbocycles. The molecule has 0 saturated heterocycles. The Morgan fingerprint density at radius 2 is 1.78 bits per heavy atom. The molecule has 6 heteroatoms. The van der Waals surface area contributed by atoms with Gasteiger partial charge >= 0.3 is 0 Å². The molecule has 0 aliphatic carbocycles. The van der Waals surface area contributed by atoms with Crippen LogP contribution >= 0.6 is 23.2 Å². The predicted octanol–water partition coefficient (Wildman–Crippen LogP) is 3.99. The highest BCUT2D eigenvalue weighted by Crippen LogP contribution is 2.29. The first-order chi connectivity index (χ1) is 11.0. The largest absolute Gasteiger partial charge is 0.484 e. The first kappa shape index (κ1) is 15.8. The molecule has 23 heavy (non-hydrogen) atoms. The molecule has 4 nitrogen and oxygen atoms in total. The number of carbonyl (C=O) groups excluding carboxylic acids is 2. The molecule has 2 aromatic carbocycles. The summed E-state index contributed by atoms with van der Waals surface area (Å²) < 4.78 is 5.48. The van der Waals surface area contributed by atoms with Gasteiger partial charge in [-0.05, 0) is 42.5 Å². The average molecular weight is 350 g/mol. The smallest absolute Gasteiger partial charge is 0.264 e. The molecule has 0 N–H and O–H groups in total. The number of amides is 1. The molecule has 0 spiro atoms. The van der Waals surface area contributed by atoms with Crippen molar-refractivity contribution in [2.75, 3.05) is 18.1 Å². The zero-order valence-corrected chi connectivity index (χ0v) is 13.6. The summed E-state index contributed by atoms with van der Waals surface area (Å²) in [5.41, 5.74) is 1.05. The normalized spacial score (nSPS) is 13.7. The summed E-state index contributed by atoms with van der Waals surface area (Å²) in [6.07, 6.45) is 0.278. The molecule has 1 aliphatic heterocycles. The number of benzene rings is 2. The van der Waals surface area contributed by atoms with E-state index in [1.807, 2.05) is 0 Å². The number of Topliss-reactive ketones (excluding diaryl/α,β-unsaturated/α-hetero) is 1. The SMILES string of the molecule is O=C1CCN(C(=O)COc2ccc(Cl)cc2)c2ccc(Cl)cc21. The van der Waals surface area contributed by atoms with Crippen LogP contribution in [0.1, 0.15) is 16.8 Å². The summed E-state index contributed by atoms with van der Waals surface area (Å²) >= 11 is 11.7. The Labute approximate surface area is 143 Å². The fourth-order valence-corrected chi connectivity index (χ4v) is 2.75. The third-order valence-corrected chi connectivity index (χ3v) is 4.08. The molecule has 118 valence electrons. The highest BCUT2D eigenvalue weighted by atomic mass is 35.5. The second kappa shape index (κ2) is 6.60. The van der Waals surface area contributed by atoms with Crippen molar-refractivity contribution in [3.63, 3.8) is 0 Å². The molecule has 0 bridgehead atoms. The monoisotopic (exact) mass is 349 g/mol. The van der Waals surface area contributed by atoms with Gasteiger partial charge in [0.05, 0.1) is 5.69 Å². The Morgan fingerprint density at radius 3 is 2.52 bits per heavy atom. The van der Waals surface area contributed by atoms with E-state index < -0.39 is 0 Å². The zero-order valence-electron chi connectivity index (χ0n) is 12.1. The average Bonchev–Trinajstić information content (AvgIpc) is 2.55. The number of anilines is 1. The van der Waals surface area contributed by atoms with E-state index in [2.05, 4.69) is 0 Å². The van der Waals surface area contributed by atoms with Crippen LogP contribution in [0.2, 0.25) is 10.0 Å². The number of hydrogen-bond acceptors (Lipinski definition) is 3. The van der Waals surface area contributed by atoms with Gasteiger partial charge in [0.25, 0.3) is 5.91 Å². The molecule has 3 rings (SSSR count). The van der Waals surface area contributed by atoms with Gasteiger partial charge in [0.15, 0.2) is 12.4 Å². The summed E-state index contributed by atoms with van der Waals surface area (Å²) in [4.78, 5) is 26.0. The van der Waals surface area contributed by atoms with Crippen molar-refractivity contribution in [1.82, 2.24) is 0 Å². The van der Waals surface area contributed by atoms with Crippen LogP contribution in [0, 0.1) is 0 Å². The number of fused-ring (bicyclic) bond motifs is 1. The van der Waals surface area contributed by atoms with Crippen LogP contribution in [0.4, 0.5) is 5.69 Å². The van der Waals surface area contributed by atoms with Crippen molar-refractivity contribution in [1.29, 1.82) is 0 Å². The van der Waals surface area contributed by atoms with Crippen molar-refractivity contribution >= 4 is 40.6 Å².